The molecule has 8 heteroatoms. The molecule has 118 valence electrons. The van der Waals surface area contributed by atoms with Crippen LogP contribution in [0.5, 0.6) is 0 Å². The zero-order valence-electron chi connectivity index (χ0n) is 12.1. The van der Waals surface area contributed by atoms with Gasteiger partial charge < -0.3 is 15.5 Å². The van der Waals surface area contributed by atoms with Gasteiger partial charge in [-0.05, 0) is 12.8 Å². The van der Waals surface area contributed by atoms with Crippen molar-refractivity contribution in [2.45, 2.75) is 25.3 Å². The number of nitrogens with two attached hydrogens (primary N) is 1. The first-order valence-electron chi connectivity index (χ1n) is 7.35. The van der Waals surface area contributed by atoms with Gasteiger partial charge in [0.05, 0.1) is 12.1 Å². The lowest BCUT2D eigenvalue weighted by Gasteiger charge is -2.37. The van der Waals surface area contributed by atoms with Crippen LogP contribution in [0.25, 0.3) is 0 Å². The Morgan fingerprint density at radius 3 is 2.68 bits per heavy atom. The van der Waals surface area contributed by atoms with Gasteiger partial charge in [0.1, 0.15) is 6.33 Å². The Bertz CT molecular complexity index is 588. The molecular weight excluding hydrogens is 289 g/mol. The van der Waals surface area contributed by atoms with Crippen LogP contribution in [0.15, 0.2) is 12.5 Å². The molecule has 0 saturated carbocycles. The molecule has 2 N–H and O–H groups in total. The zero-order chi connectivity index (χ0) is 15.7. The monoisotopic (exact) mass is 307 g/mol. The summed E-state index contributed by atoms with van der Waals surface area (Å²) in [6, 6.07) is 0.0815. The summed E-state index contributed by atoms with van der Waals surface area (Å²) in [6.45, 7) is 1.63. The highest BCUT2D eigenvalue weighted by Gasteiger charge is 2.38. The molecule has 1 atom stereocenters. The molecule has 2 aliphatic rings. The fourth-order valence-corrected chi connectivity index (χ4v) is 3.20. The van der Waals surface area contributed by atoms with Crippen LogP contribution in [0.1, 0.15) is 19.3 Å². The Labute approximate surface area is 127 Å². The molecular formula is C14H18FN5O2. The van der Waals surface area contributed by atoms with E-state index in [0.29, 0.717) is 25.5 Å². The third kappa shape index (κ3) is 2.72. The van der Waals surface area contributed by atoms with Gasteiger partial charge in [-0.15, -0.1) is 0 Å². The molecule has 3 rings (SSSR count). The maximum absolute atomic E-state index is 13.7. The molecule has 0 aliphatic carbocycles. The van der Waals surface area contributed by atoms with E-state index in [9.17, 15) is 14.0 Å². The third-order valence-electron chi connectivity index (χ3n) is 4.41. The van der Waals surface area contributed by atoms with Crippen molar-refractivity contribution < 1.29 is 14.0 Å². The second-order valence-corrected chi connectivity index (χ2v) is 5.76. The fraction of sp³-hybridized carbons (Fsp3) is 0.571. The van der Waals surface area contributed by atoms with E-state index in [-0.39, 0.29) is 24.3 Å². The van der Waals surface area contributed by atoms with Gasteiger partial charge >= 0.3 is 0 Å². The molecule has 0 radical (unpaired) electrons. The lowest BCUT2D eigenvalue weighted by atomic mass is 10.0. The van der Waals surface area contributed by atoms with Crippen LogP contribution in [0, 0.1) is 11.7 Å². The van der Waals surface area contributed by atoms with Crippen molar-refractivity contribution in [3.05, 3.63) is 18.3 Å². The first kappa shape index (κ1) is 14.7. The number of nitrogens with zero attached hydrogens (tertiary/aromatic N) is 4. The smallest absolute Gasteiger partial charge is 0.223 e. The number of amides is 2. The number of carbonyl (C=O) groups excluding carboxylic acids is 2. The lowest BCUT2D eigenvalue weighted by molar-refractivity contribution is -0.130. The number of hydrogen-bond donors (Lipinski definition) is 1. The van der Waals surface area contributed by atoms with Gasteiger partial charge in [-0.2, -0.15) is 0 Å². The minimum Gasteiger partial charge on any atom is -0.369 e. The Kier molecular flexibility index (Phi) is 3.91. The maximum atomic E-state index is 13.7. The number of aromatic nitrogens is 2. The minimum atomic E-state index is -0.438. The summed E-state index contributed by atoms with van der Waals surface area (Å²) < 4.78 is 13.7. The predicted octanol–water partition coefficient (Wildman–Crippen LogP) is -0.0817. The molecule has 1 aromatic rings. The maximum Gasteiger partial charge on any atom is 0.223 e. The molecule has 0 bridgehead atoms. The van der Waals surface area contributed by atoms with Crippen LogP contribution in [-0.2, 0) is 9.59 Å². The molecule has 1 unspecified atom stereocenters. The van der Waals surface area contributed by atoms with Crippen molar-refractivity contribution in [2.75, 3.05) is 24.5 Å². The van der Waals surface area contributed by atoms with E-state index >= 15 is 0 Å². The van der Waals surface area contributed by atoms with Crippen LogP contribution >= 0.6 is 0 Å². The van der Waals surface area contributed by atoms with Gasteiger partial charge in [-0.1, -0.05) is 0 Å². The number of likely N-dealkylation sites (tertiary alicyclic amines) is 1. The summed E-state index contributed by atoms with van der Waals surface area (Å²) in [5.41, 5.74) is 5.28. The molecule has 2 fully saturated rings. The van der Waals surface area contributed by atoms with E-state index < -0.39 is 11.7 Å². The standard InChI is InChI=1S/C14H18FN5O2/c15-11-6-17-8-18-14(11)19-3-1-10(2-4-19)20-7-9(13(16)22)5-12(20)21/h6,8-10H,1-5,7H2,(H2,16,22). The fourth-order valence-electron chi connectivity index (χ4n) is 3.20. The average Bonchev–Trinajstić information content (AvgIpc) is 2.90. The largest absolute Gasteiger partial charge is 0.369 e. The molecule has 2 amide bonds. The van der Waals surface area contributed by atoms with E-state index in [1.807, 2.05) is 4.90 Å². The number of anilines is 1. The molecule has 0 aromatic carbocycles. The number of rotatable bonds is 3. The summed E-state index contributed by atoms with van der Waals surface area (Å²) in [5, 5.41) is 0. The van der Waals surface area contributed by atoms with Crippen molar-refractivity contribution in [3.63, 3.8) is 0 Å². The average molecular weight is 307 g/mol. The summed E-state index contributed by atoms with van der Waals surface area (Å²) in [4.78, 5) is 34.5. The first-order chi connectivity index (χ1) is 10.6. The van der Waals surface area contributed by atoms with E-state index in [1.165, 1.54) is 6.33 Å². The van der Waals surface area contributed by atoms with Gasteiger partial charge in [0.15, 0.2) is 11.6 Å². The van der Waals surface area contributed by atoms with Gasteiger partial charge in [-0.3, -0.25) is 9.59 Å². The van der Waals surface area contributed by atoms with Crippen molar-refractivity contribution in [1.82, 2.24) is 14.9 Å². The van der Waals surface area contributed by atoms with Gasteiger partial charge in [0, 0.05) is 32.1 Å². The molecule has 2 aliphatic heterocycles. The molecule has 22 heavy (non-hydrogen) atoms. The van der Waals surface area contributed by atoms with E-state index in [2.05, 4.69) is 9.97 Å². The Hall–Kier alpha value is -2.25. The summed E-state index contributed by atoms with van der Waals surface area (Å²) in [5.74, 6) is -0.958. The number of carbonyl (C=O) groups is 2. The zero-order valence-corrected chi connectivity index (χ0v) is 12.1. The van der Waals surface area contributed by atoms with Gasteiger partial charge in [-0.25, -0.2) is 14.4 Å². The second kappa shape index (κ2) is 5.86. The molecule has 3 heterocycles. The highest BCUT2D eigenvalue weighted by molar-refractivity contribution is 5.88. The van der Waals surface area contributed by atoms with E-state index in [4.69, 9.17) is 5.73 Å². The summed E-state index contributed by atoms with van der Waals surface area (Å²) >= 11 is 0. The quantitative estimate of drug-likeness (QED) is 0.843. The van der Waals surface area contributed by atoms with Gasteiger partial charge in [0.2, 0.25) is 11.8 Å². The third-order valence-corrected chi connectivity index (χ3v) is 4.41. The minimum absolute atomic E-state index is 0.0181. The van der Waals surface area contributed by atoms with Crippen LogP contribution in [0.2, 0.25) is 0 Å². The molecule has 1 aromatic heterocycles. The molecule has 2 saturated heterocycles. The second-order valence-electron chi connectivity index (χ2n) is 5.76. The molecule has 7 nitrogen and oxygen atoms in total. The predicted molar refractivity (Wildman–Crippen MR) is 76.2 cm³/mol. The van der Waals surface area contributed by atoms with Crippen molar-refractivity contribution >= 4 is 17.6 Å². The Morgan fingerprint density at radius 2 is 2.09 bits per heavy atom. The van der Waals surface area contributed by atoms with Crippen LogP contribution in [0.3, 0.4) is 0 Å². The normalized spacial score (nSPS) is 23.1. The number of hydrogen-bond acceptors (Lipinski definition) is 5. The Morgan fingerprint density at radius 1 is 1.36 bits per heavy atom. The first-order valence-corrected chi connectivity index (χ1v) is 7.35. The lowest BCUT2D eigenvalue weighted by Crippen LogP contribution is -2.46. The molecule has 0 spiro atoms. The van der Waals surface area contributed by atoms with Crippen molar-refractivity contribution in [1.29, 1.82) is 0 Å². The number of piperidine rings is 1. The highest BCUT2D eigenvalue weighted by Crippen LogP contribution is 2.27. The summed E-state index contributed by atoms with van der Waals surface area (Å²) in [7, 11) is 0. The number of halogens is 1. The number of primary amides is 1. The van der Waals surface area contributed by atoms with E-state index in [0.717, 1.165) is 19.0 Å². The van der Waals surface area contributed by atoms with Gasteiger partial charge in [0.25, 0.3) is 0 Å². The highest BCUT2D eigenvalue weighted by atomic mass is 19.1. The SMILES string of the molecule is NC(=O)C1CC(=O)N(C2CCN(c3ncncc3F)CC2)C1. The van der Waals surface area contributed by atoms with Crippen LogP contribution < -0.4 is 10.6 Å². The Balaban J connectivity index is 1.62. The van der Waals surface area contributed by atoms with Crippen molar-refractivity contribution in [3.8, 4) is 0 Å². The topological polar surface area (TPSA) is 92.4 Å². The summed E-state index contributed by atoms with van der Waals surface area (Å²) in [6.07, 6.45) is 4.12. The van der Waals surface area contributed by atoms with Crippen LogP contribution in [0.4, 0.5) is 10.2 Å². The van der Waals surface area contributed by atoms with Crippen molar-refractivity contribution in [2.24, 2.45) is 11.7 Å². The van der Waals surface area contributed by atoms with Crippen LogP contribution in [-0.4, -0.2) is 52.4 Å². The van der Waals surface area contributed by atoms with E-state index in [1.54, 1.807) is 4.90 Å².